The summed E-state index contributed by atoms with van der Waals surface area (Å²) in [6.45, 7) is 17.7. The van der Waals surface area contributed by atoms with Gasteiger partial charge in [-0.05, 0) is 237 Å². The molecule has 0 heterocycles. The zero-order valence-electron chi connectivity index (χ0n) is 42.4. The molecule has 2 nitrogen and oxygen atoms in total. The van der Waals surface area contributed by atoms with Gasteiger partial charge < -0.3 is 9.80 Å². The molecule has 0 N–H and O–H groups in total. The second-order valence-corrected chi connectivity index (χ2v) is 20.4. The minimum absolute atomic E-state index is 1.16. The van der Waals surface area contributed by atoms with E-state index in [1.165, 1.54) is 143 Å². The minimum Gasteiger partial charge on any atom is -0.310 e. The maximum Gasteiger partial charge on any atom is 0.0540 e. The van der Waals surface area contributed by atoms with E-state index >= 15 is 0 Å². The average Bonchev–Trinajstić information content (AvgIpc) is 3.91. The molecular formula is C70H56N2. The van der Waals surface area contributed by atoms with Crippen LogP contribution >= 0.6 is 0 Å². The van der Waals surface area contributed by atoms with E-state index in [2.05, 4.69) is 259 Å². The number of hydrogen-bond acceptors (Lipinski definition) is 2. The lowest BCUT2D eigenvalue weighted by atomic mass is 9.87. The molecule has 0 radical (unpaired) electrons. The summed E-state index contributed by atoms with van der Waals surface area (Å²) in [4.78, 5) is 4.96. The minimum atomic E-state index is 1.16. The van der Waals surface area contributed by atoms with Crippen LogP contribution in [0, 0.1) is 55.4 Å². The number of hydrogen-bond donors (Lipinski definition) is 0. The SMILES string of the molecule is Cc1ccc(N(c2ccc(C)c(C)c2)c2ccc3c4c(-c5ccccc5)c5c6cccc7c(N(c8ccc(C)c(C)c8)c8ccc(C)c(C)c8)ccc(c5c(-c5ccccc5)c4c4cccc2c43)c76)cc1C. The van der Waals surface area contributed by atoms with Gasteiger partial charge in [0.25, 0.3) is 0 Å². The second-order valence-electron chi connectivity index (χ2n) is 20.4. The van der Waals surface area contributed by atoms with Gasteiger partial charge in [0.15, 0.2) is 0 Å². The molecule has 0 aliphatic carbocycles. The summed E-state index contributed by atoms with van der Waals surface area (Å²) in [6, 6.07) is 73.7. The standard InChI is InChI=1S/C70H56N2/c1-41-25-29-51(37-45(41)5)71(52-30-26-42(2)46(6)38-52)61-35-33-59-65-55(61)21-15-23-57(65)67-63(49-17-11-9-12-18-49)70-60-34-36-62(72(53-31-27-43(3)47(7)39-53)54-32-28-44(4)48(8)40-54)56-22-16-24-58(66(56)60)68(70)64(69(59)67)50-19-13-10-14-20-50/h9-40H,1-8H3. The Morgan fingerprint density at radius 3 is 0.819 bits per heavy atom. The highest BCUT2D eigenvalue weighted by atomic mass is 15.1. The molecule has 0 amide bonds. The van der Waals surface area contributed by atoms with Gasteiger partial charge in [-0.2, -0.15) is 0 Å². The van der Waals surface area contributed by atoms with E-state index in [4.69, 9.17) is 0 Å². The van der Waals surface area contributed by atoms with Crippen molar-refractivity contribution in [2.24, 2.45) is 0 Å². The summed E-state index contributed by atoms with van der Waals surface area (Å²) < 4.78 is 0. The third-order valence-corrected chi connectivity index (χ3v) is 16.2. The first-order valence-electron chi connectivity index (χ1n) is 25.4. The molecule has 0 aliphatic heterocycles. The van der Waals surface area contributed by atoms with Crippen molar-refractivity contribution in [1.29, 1.82) is 0 Å². The maximum absolute atomic E-state index is 2.48. The van der Waals surface area contributed by atoms with Crippen LogP contribution < -0.4 is 9.80 Å². The number of fused-ring (bicyclic) bond motifs is 6. The Labute approximate surface area is 422 Å². The molecule has 0 spiro atoms. The molecule has 13 aromatic carbocycles. The Balaban J connectivity index is 1.18. The van der Waals surface area contributed by atoms with Crippen LogP contribution in [0.4, 0.5) is 34.1 Å². The molecule has 2 heteroatoms. The second kappa shape index (κ2) is 16.6. The summed E-state index contributed by atoms with van der Waals surface area (Å²) in [7, 11) is 0. The van der Waals surface area contributed by atoms with E-state index in [9.17, 15) is 0 Å². The number of aryl methyl sites for hydroxylation is 8. The summed E-state index contributed by atoms with van der Waals surface area (Å²) in [6.07, 6.45) is 0. The molecule has 0 bridgehead atoms. The summed E-state index contributed by atoms with van der Waals surface area (Å²) in [5.74, 6) is 0. The van der Waals surface area contributed by atoms with Crippen molar-refractivity contribution in [2.75, 3.05) is 9.80 Å². The smallest absolute Gasteiger partial charge is 0.0540 e. The number of benzene rings is 11. The van der Waals surface area contributed by atoms with Crippen LogP contribution in [0.15, 0.2) is 194 Å². The molecule has 0 aromatic heterocycles. The molecule has 0 atom stereocenters. The third kappa shape index (κ3) is 6.55. The van der Waals surface area contributed by atoms with Gasteiger partial charge in [-0.1, -0.05) is 133 Å². The van der Waals surface area contributed by atoms with Crippen LogP contribution in [0.3, 0.4) is 0 Å². The summed E-state index contributed by atoms with van der Waals surface area (Å²) >= 11 is 0. The van der Waals surface area contributed by atoms with Crippen molar-refractivity contribution in [3.05, 3.63) is 239 Å². The first-order chi connectivity index (χ1) is 35.0. The zero-order chi connectivity index (χ0) is 49.1. The average molecular weight is 925 g/mol. The molecular weight excluding hydrogens is 869 g/mol. The highest BCUT2D eigenvalue weighted by Gasteiger charge is 2.30. The van der Waals surface area contributed by atoms with E-state index in [-0.39, 0.29) is 0 Å². The van der Waals surface area contributed by atoms with Crippen molar-refractivity contribution in [2.45, 2.75) is 55.4 Å². The van der Waals surface area contributed by atoms with Gasteiger partial charge in [-0.3, -0.25) is 0 Å². The zero-order valence-corrected chi connectivity index (χ0v) is 42.4. The highest BCUT2D eigenvalue weighted by molar-refractivity contribution is 6.47. The van der Waals surface area contributed by atoms with E-state index < -0.39 is 0 Å². The molecule has 0 unspecified atom stereocenters. The lowest BCUT2D eigenvalue weighted by molar-refractivity contribution is 1.24. The van der Waals surface area contributed by atoms with Gasteiger partial charge >= 0.3 is 0 Å². The number of anilines is 6. The van der Waals surface area contributed by atoms with Crippen molar-refractivity contribution in [3.8, 4) is 22.3 Å². The Morgan fingerprint density at radius 2 is 0.514 bits per heavy atom. The van der Waals surface area contributed by atoms with Crippen molar-refractivity contribution < 1.29 is 0 Å². The summed E-state index contributed by atoms with van der Waals surface area (Å²) in [5, 5.41) is 15.4. The monoisotopic (exact) mass is 924 g/mol. The van der Waals surface area contributed by atoms with Crippen LogP contribution in [0.5, 0.6) is 0 Å². The lowest BCUT2D eigenvalue weighted by Gasteiger charge is -2.28. The van der Waals surface area contributed by atoms with Crippen LogP contribution in [0.1, 0.15) is 44.5 Å². The Hall–Kier alpha value is -8.46. The van der Waals surface area contributed by atoms with Crippen molar-refractivity contribution in [1.82, 2.24) is 0 Å². The first-order valence-corrected chi connectivity index (χ1v) is 25.4. The Morgan fingerprint density at radius 1 is 0.222 bits per heavy atom. The largest absolute Gasteiger partial charge is 0.310 e. The fourth-order valence-corrected chi connectivity index (χ4v) is 11.9. The van der Waals surface area contributed by atoms with Crippen molar-refractivity contribution >= 4 is 98.8 Å². The van der Waals surface area contributed by atoms with Gasteiger partial charge in [0.1, 0.15) is 0 Å². The van der Waals surface area contributed by atoms with Crippen LogP contribution in [0.2, 0.25) is 0 Å². The van der Waals surface area contributed by atoms with Gasteiger partial charge in [0.05, 0.1) is 11.4 Å². The van der Waals surface area contributed by atoms with Gasteiger partial charge in [-0.15, -0.1) is 0 Å². The summed E-state index contributed by atoms with van der Waals surface area (Å²) in [5.41, 5.74) is 22.3. The lowest BCUT2D eigenvalue weighted by Crippen LogP contribution is -2.11. The Kier molecular flexibility index (Phi) is 10.0. The van der Waals surface area contributed by atoms with Crippen LogP contribution in [-0.2, 0) is 0 Å². The predicted octanol–water partition coefficient (Wildman–Crippen LogP) is 20.2. The van der Waals surface area contributed by atoms with Crippen molar-refractivity contribution in [3.63, 3.8) is 0 Å². The molecule has 346 valence electrons. The topological polar surface area (TPSA) is 6.48 Å². The molecule has 13 aromatic rings. The van der Waals surface area contributed by atoms with Gasteiger partial charge in [0.2, 0.25) is 0 Å². The number of rotatable bonds is 8. The molecule has 0 fully saturated rings. The molecule has 72 heavy (non-hydrogen) atoms. The predicted molar refractivity (Wildman–Crippen MR) is 312 cm³/mol. The fourth-order valence-electron chi connectivity index (χ4n) is 11.9. The van der Waals surface area contributed by atoms with Crippen LogP contribution in [-0.4, -0.2) is 0 Å². The quantitative estimate of drug-likeness (QED) is 0.150. The van der Waals surface area contributed by atoms with E-state index in [1.54, 1.807) is 0 Å². The number of nitrogens with zero attached hydrogens (tertiary/aromatic N) is 2. The normalized spacial score (nSPS) is 11.9. The fraction of sp³-hybridized carbons (Fsp3) is 0.114. The molecule has 0 saturated heterocycles. The van der Waals surface area contributed by atoms with E-state index in [1.807, 2.05) is 0 Å². The molecule has 0 saturated carbocycles. The first kappa shape index (κ1) is 43.6. The maximum atomic E-state index is 2.48. The highest BCUT2D eigenvalue weighted by Crippen LogP contribution is 2.58. The molecule has 13 rings (SSSR count). The van der Waals surface area contributed by atoms with Crippen LogP contribution in [0.25, 0.3) is 86.9 Å². The Bertz CT molecular complexity index is 3860. The van der Waals surface area contributed by atoms with E-state index in [0.29, 0.717) is 0 Å². The van der Waals surface area contributed by atoms with Gasteiger partial charge in [0, 0.05) is 33.5 Å². The third-order valence-electron chi connectivity index (χ3n) is 16.2. The molecule has 0 aliphatic rings. The van der Waals surface area contributed by atoms with E-state index in [0.717, 1.165) is 22.7 Å². The van der Waals surface area contributed by atoms with Gasteiger partial charge in [-0.25, -0.2) is 0 Å².